The third kappa shape index (κ3) is 3.64. The van der Waals surface area contributed by atoms with E-state index in [4.69, 9.17) is 23.2 Å². The van der Waals surface area contributed by atoms with Gasteiger partial charge in [-0.15, -0.1) is 0 Å². The predicted molar refractivity (Wildman–Crippen MR) is 80.1 cm³/mol. The Hall–Kier alpha value is -1.26. The molecule has 20 heavy (non-hydrogen) atoms. The first-order chi connectivity index (χ1) is 9.47. The number of rotatable bonds is 1. The fourth-order valence-corrected chi connectivity index (χ4v) is 2.74. The van der Waals surface area contributed by atoms with Crippen LogP contribution in [0, 0.1) is 5.92 Å². The first-order valence-corrected chi connectivity index (χ1v) is 7.28. The normalized spacial score (nSPS) is 18.8. The van der Waals surface area contributed by atoms with Gasteiger partial charge in [-0.1, -0.05) is 30.1 Å². The van der Waals surface area contributed by atoms with Gasteiger partial charge in [0, 0.05) is 18.1 Å². The number of anilines is 1. The molecule has 0 spiro atoms. The molecule has 1 aliphatic heterocycles. The van der Waals surface area contributed by atoms with Crippen LogP contribution in [-0.4, -0.2) is 29.8 Å². The molecule has 6 heteroatoms. The Kier molecular flexibility index (Phi) is 4.89. The first-order valence-electron chi connectivity index (χ1n) is 6.52. The number of hydrogen-bond acceptors (Lipinski definition) is 2. The van der Waals surface area contributed by atoms with Crippen LogP contribution in [0.3, 0.4) is 0 Å². The maximum absolute atomic E-state index is 12.1. The van der Waals surface area contributed by atoms with Crippen LogP contribution in [0.4, 0.5) is 5.69 Å². The number of hydrogen-bond donors (Lipinski definition) is 1. The van der Waals surface area contributed by atoms with Crippen molar-refractivity contribution in [1.82, 2.24) is 4.90 Å². The Morgan fingerprint density at radius 2 is 2.10 bits per heavy atom. The van der Waals surface area contributed by atoms with Crippen molar-refractivity contribution >= 4 is 40.7 Å². The van der Waals surface area contributed by atoms with Gasteiger partial charge in [0.15, 0.2) is 0 Å². The standard InChI is InChI=1S/C14H16Cl2N2O2/c1-9-3-2-6-18(8-9)14(20)13(19)17-12-5-4-10(15)7-11(12)16/h4-5,7,9H,2-3,6,8H2,1H3,(H,17,19). The van der Waals surface area contributed by atoms with Crippen LogP contribution in [0.1, 0.15) is 19.8 Å². The summed E-state index contributed by atoms with van der Waals surface area (Å²) in [6.07, 6.45) is 2.02. The largest absolute Gasteiger partial charge is 0.334 e. The van der Waals surface area contributed by atoms with Crippen molar-refractivity contribution in [2.24, 2.45) is 5.92 Å². The number of piperidine rings is 1. The van der Waals surface area contributed by atoms with Gasteiger partial charge >= 0.3 is 11.8 Å². The summed E-state index contributed by atoms with van der Waals surface area (Å²) < 4.78 is 0. The number of amides is 2. The number of halogens is 2. The van der Waals surface area contributed by atoms with E-state index in [9.17, 15) is 9.59 Å². The molecule has 1 atom stereocenters. The topological polar surface area (TPSA) is 49.4 Å². The smallest absolute Gasteiger partial charge is 0.313 e. The average molecular weight is 315 g/mol. The minimum atomic E-state index is -0.664. The maximum Gasteiger partial charge on any atom is 0.313 e. The van der Waals surface area contributed by atoms with E-state index in [1.54, 1.807) is 17.0 Å². The van der Waals surface area contributed by atoms with Crippen LogP contribution >= 0.6 is 23.2 Å². The zero-order chi connectivity index (χ0) is 14.7. The second kappa shape index (κ2) is 6.46. The van der Waals surface area contributed by atoms with E-state index < -0.39 is 11.8 Å². The molecule has 1 aromatic rings. The van der Waals surface area contributed by atoms with Gasteiger partial charge in [0.1, 0.15) is 0 Å². The number of benzene rings is 1. The predicted octanol–water partition coefficient (Wildman–Crippen LogP) is 3.19. The summed E-state index contributed by atoms with van der Waals surface area (Å²) in [6.45, 7) is 3.33. The maximum atomic E-state index is 12.1. The van der Waals surface area contributed by atoms with Crippen LogP contribution in [0.2, 0.25) is 10.0 Å². The number of carbonyl (C=O) groups is 2. The lowest BCUT2D eigenvalue weighted by atomic mass is 10.0. The molecular weight excluding hydrogens is 299 g/mol. The van der Waals surface area contributed by atoms with Gasteiger partial charge in [0.05, 0.1) is 10.7 Å². The lowest BCUT2D eigenvalue weighted by molar-refractivity contribution is -0.144. The van der Waals surface area contributed by atoms with Gasteiger partial charge in [-0.2, -0.15) is 0 Å². The minimum absolute atomic E-state index is 0.311. The van der Waals surface area contributed by atoms with E-state index in [1.807, 2.05) is 0 Å². The molecule has 1 unspecified atom stereocenters. The van der Waals surface area contributed by atoms with E-state index >= 15 is 0 Å². The Morgan fingerprint density at radius 3 is 2.75 bits per heavy atom. The Balaban J connectivity index is 2.02. The molecule has 0 aromatic heterocycles. The third-order valence-corrected chi connectivity index (χ3v) is 3.87. The molecule has 1 aromatic carbocycles. The SMILES string of the molecule is CC1CCCN(C(=O)C(=O)Nc2ccc(Cl)cc2Cl)C1. The summed E-state index contributed by atoms with van der Waals surface area (Å²) in [4.78, 5) is 25.6. The first kappa shape index (κ1) is 15.1. The Labute approximate surface area is 128 Å². The lowest BCUT2D eigenvalue weighted by Gasteiger charge is -2.30. The number of carbonyl (C=O) groups excluding carboxylic acids is 2. The highest BCUT2D eigenvalue weighted by molar-refractivity contribution is 6.42. The molecule has 2 amide bonds. The van der Waals surface area contributed by atoms with Crippen molar-refractivity contribution in [2.45, 2.75) is 19.8 Å². The summed E-state index contributed by atoms with van der Waals surface area (Å²) in [5.41, 5.74) is 0.388. The monoisotopic (exact) mass is 314 g/mol. The second-order valence-corrected chi connectivity index (χ2v) is 5.92. The van der Waals surface area contributed by atoms with Crippen molar-refractivity contribution < 1.29 is 9.59 Å². The van der Waals surface area contributed by atoms with E-state index in [2.05, 4.69) is 12.2 Å². The highest BCUT2D eigenvalue weighted by Crippen LogP contribution is 2.25. The molecule has 0 radical (unpaired) electrons. The van der Waals surface area contributed by atoms with Crippen molar-refractivity contribution in [3.8, 4) is 0 Å². The Bertz CT molecular complexity index is 534. The van der Waals surface area contributed by atoms with E-state index in [-0.39, 0.29) is 0 Å². The number of nitrogens with one attached hydrogen (secondary N) is 1. The van der Waals surface area contributed by atoms with Gasteiger partial charge in [0.25, 0.3) is 0 Å². The summed E-state index contributed by atoms with van der Waals surface area (Å²) >= 11 is 11.7. The van der Waals surface area contributed by atoms with Crippen molar-refractivity contribution in [2.75, 3.05) is 18.4 Å². The van der Waals surface area contributed by atoms with Crippen molar-refractivity contribution in [3.63, 3.8) is 0 Å². The molecule has 1 saturated heterocycles. The van der Waals surface area contributed by atoms with Gasteiger partial charge in [-0.25, -0.2) is 0 Å². The molecule has 1 fully saturated rings. The summed E-state index contributed by atoms with van der Waals surface area (Å²) in [7, 11) is 0. The molecule has 108 valence electrons. The van der Waals surface area contributed by atoms with Crippen LogP contribution < -0.4 is 5.32 Å². The molecular formula is C14H16Cl2N2O2. The summed E-state index contributed by atoms with van der Waals surface area (Å²) in [5, 5.41) is 3.32. The fourth-order valence-electron chi connectivity index (χ4n) is 2.28. The van der Waals surface area contributed by atoms with Gasteiger partial charge < -0.3 is 10.2 Å². The molecule has 0 aliphatic carbocycles. The van der Waals surface area contributed by atoms with Gasteiger partial charge in [-0.05, 0) is 37.0 Å². The van der Waals surface area contributed by atoms with E-state index in [1.165, 1.54) is 6.07 Å². The van der Waals surface area contributed by atoms with Crippen molar-refractivity contribution in [3.05, 3.63) is 28.2 Å². The molecule has 1 N–H and O–H groups in total. The van der Waals surface area contributed by atoms with Crippen LogP contribution in [-0.2, 0) is 9.59 Å². The molecule has 1 aliphatic rings. The third-order valence-electron chi connectivity index (χ3n) is 3.32. The summed E-state index contributed by atoms with van der Waals surface area (Å²) in [5.74, 6) is -0.745. The molecule has 1 heterocycles. The zero-order valence-corrected chi connectivity index (χ0v) is 12.7. The quantitative estimate of drug-likeness (QED) is 0.809. The highest BCUT2D eigenvalue weighted by Gasteiger charge is 2.26. The minimum Gasteiger partial charge on any atom is -0.334 e. The Morgan fingerprint density at radius 1 is 1.35 bits per heavy atom. The van der Waals surface area contributed by atoms with Gasteiger partial charge in [-0.3, -0.25) is 9.59 Å². The lowest BCUT2D eigenvalue weighted by Crippen LogP contribution is -2.44. The molecule has 0 saturated carbocycles. The number of nitrogens with zero attached hydrogens (tertiary/aromatic N) is 1. The van der Waals surface area contributed by atoms with Gasteiger partial charge in [0.2, 0.25) is 0 Å². The van der Waals surface area contributed by atoms with E-state index in [0.717, 1.165) is 12.8 Å². The van der Waals surface area contributed by atoms with Crippen LogP contribution in [0.25, 0.3) is 0 Å². The molecule has 2 rings (SSSR count). The van der Waals surface area contributed by atoms with Crippen molar-refractivity contribution in [1.29, 1.82) is 0 Å². The second-order valence-electron chi connectivity index (χ2n) is 5.08. The zero-order valence-electron chi connectivity index (χ0n) is 11.2. The fraction of sp³-hybridized carbons (Fsp3) is 0.429. The highest BCUT2D eigenvalue weighted by atomic mass is 35.5. The molecule has 0 bridgehead atoms. The van der Waals surface area contributed by atoms with E-state index in [0.29, 0.717) is 34.7 Å². The number of likely N-dealkylation sites (tertiary alicyclic amines) is 1. The summed E-state index contributed by atoms with van der Waals surface area (Å²) in [6, 6.07) is 4.71. The molecule has 4 nitrogen and oxygen atoms in total. The van der Waals surface area contributed by atoms with Crippen LogP contribution in [0.5, 0.6) is 0 Å². The average Bonchev–Trinajstić information content (AvgIpc) is 2.41. The van der Waals surface area contributed by atoms with Crippen LogP contribution in [0.15, 0.2) is 18.2 Å².